The highest BCUT2D eigenvalue weighted by Crippen LogP contribution is 2.32. The average molecular weight is 219 g/mol. The smallest absolute Gasteiger partial charge is 0.170 e. The lowest BCUT2D eigenvalue weighted by molar-refractivity contribution is 0.287. The van der Waals surface area contributed by atoms with E-state index >= 15 is 0 Å². The second-order valence-electron chi connectivity index (χ2n) is 3.16. The summed E-state index contributed by atoms with van der Waals surface area (Å²) in [5, 5.41) is 17.9. The number of aliphatic hydroxyl groups is 1. The molecule has 0 bridgehead atoms. The van der Waals surface area contributed by atoms with Gasteiger partial charge < -0.3 is 10.2 Å². The molecule has 0 aromatic heterocycles. The van der Waals surface area contributed by atoms with E-state index in [2.05, 4.69) is 0 Å². The van der Waals surface area contributed by atoms with Crippen molar-refractivity contribution in [2.45, 2.75) is 19.8 Å². The molecule has 78 valence electrons. The molecule has 1 rings (SSSR count). The second kappa shape index (κ2) is 4.62. The third kappa shape index (κ3) is 2.16. The Bertz CT molecular complexity index is 339. The van der Waals surface area contributed by atoms with Crippen molar-refractivity contribution in [3.63, 3.8) is 0 Å². The van der Waals surface area contributed by atoms with Crippen LogP contribution in [0.15, 0.2) is 6.07 Å². The fourth-order valence-corrected chi connectivity index (χ4v) is 1.41. The SMILES string of the molecule is Cc1cc(CCCO)c(F)c(O)c1Cl. The fourth-order valence-electron chi connectivity index (χ4n) is 1.27. The molecule has 0 heterocycles. The number of phenolic OH excluding ortho intramolecular Hbond substituents is 1. The summed E-state index contributed by atoms with van der Waals surface area (Å²) in [7, 11) is 0. The van der Waals surface area contributed by atoms with Crippen molar-refractivity contribution in [1.29, 1.82) is 0 Å². The monoisotopic (exact) mass is 218 g/mol. The highest BCUT2D eigenvalue weighted by molar-refractivity contribution is 6.32. The summed E-state index contributed by atoms with van der Waals surface area (Å²) in [6, 6.07) is 1.59. The van der Waals surface area contributed by atoms with Gasteiger partial charge in [0.2, 0.25) is 0 Å². The Morgan fingerprint density at radius 3 is 2.71 bits per heavy atom. The van der Waals surface area contributed by atoms with Gasteiger partial charge in [0.05, 0.1) is 5.02 Å². The van der Waals surface area contributed by atoms with Crippen molar-refractivity contribution in [1.82, 2.24) is 0 Å². The predicted octanol–water partition coefficient (Wildman–Crippen LogP) is 2.42. The molecule has 14 heavy (non-hydrogen) atoms. The van der Waals surface area contributed by atoms with Crippen molar-refractivity contribution in [2.24, 2.45) is 0 Å². The number of phenols is 1. The molecule has 0 spiro atoms. The maximum atomic E-state index is 13.3. The summed E-state index contributed by atoms with van der Waals surface area (Å²) in [6.07, 6.45) is 0.866. The first kappa shape index (κ1) is 11.3. The number of rotatable bonds is 3. The van der Waals surface area contributed by atoms with Crippen LogP contribution in [0.4, 0.5) is 4.39 Å². The molecule has 4 heteroatoms. The van der Waals surface area contributed by atoms with Crippen molar-refractivity contribution in [3.05, 3.63) is 28.0 Å². The lowest BCUT2D eigenvalue weighted by Crippen LogP contribution is -1.96. The fraction of sp³-hybridized carbons (Fsp3) is 0.400. The first-order valence-corrected chi connectivity index (χ1v) is 4.73. The molecule has 1 aromatic carbocycles. The van der Waals surface area contributed by atoms with E-state index in [-0.39, 0.29) is 11.6 Å². The van der Waals surface area contributed by atoms with E-state index in [1.807, 2.05) is 0 Å². The first-order chi connectivity index (χ1) is 6.57. The normalized spacial score (nSPS) is 10.6. The molecule has 1 aromatic rings. The number of aliphatic hydroxyl groups excluding tert-OH is 1. The molecule has 0 aliphatic rings. The quantitative estimate of drug-likeness (QED) is 0.818. The van der Waals surface area contributed by atoms with Gasteiger partial charge in [0.15, 0.2) is 11.6 Å². The molecule has 0 saturated carbocycles. The Kier molecular flexibility index (Phi) is 3.72. The molecule has 2 nitrogen and oxygen atoms in total. The molecule has 0 aliphatic carbocycles. The number of aryl methyl sites for hydroxylation is 2. The predicted molar refractivity (Wildman–Crippen MR) is 53.2 cm³/mol. The Morgan fingerprint density at radius 2 is 2.14 bits per heavy atom. The van der Waals surface area contributed by atoms with Gasteiger partial charge in [0.25, 0.3) is 0 Å². The van der Waals surface area contributed by atoms with Crippen LogP contribution in [0, 0.1) is 12.7 Å². The lowest BCUT2D eigenvalue weighted by atomic mass is 10.1. The first-order valence-electron chi connectivity index (χ1n) is 4.35. The Balaban J connectivity index is 3.06. The van der Waals surface area contributed by atoms with Crippen molar-refractivity contribution in [2.75, 3.05) is 6.61 Å². The van der Waals surface area contributed by atoms with E-state index in [4.69, 9.17) is 16.7 Å². The van der Waals surface area contributed by atoms with E-state index in [0.717, 1.165) is 0 Å². The summed E-state index contributed by atoms with van der Waals surface area (Å²) in [6.45, 7) is 1.70. The zero-order valence-electron chi connectivity index (χ0n) is 7.85. The molecule has 0 atom stereocenters. The van der Waals surface area contributed by atoms with Gasteiger partial charge in [-0.1, -0.05) is 17.7 Å². The molecule has 0 amide bonds. The number of hydrogen-bond donors (Lipinski definition) is 2. The van der Waals surface area contributed by atoms with Crippen molar-refractivity contribution in [3.8, 4) is 5.75 Å². The van der Waals surface area contributed by atoms with E-state index < -0.39 is 11.6 Å². The number of benzene rings is 1. The summed E-state index contributed by atoms with van der Waals surface area (Å²) in [5.74, 6) is -1.19. The van der Waals surface area contributed by atoms with Gasteiger partial charge in [0, 0.05) is 6.61 Å². The van der Waals surface area contributed by atoms with Crippen LogP contribution in [0.2, 0.25) is 5.02 Å². The van der Waals surface area contributed by atoms with Crippen molar-refractivity contribution >= 4 is 11.6 Å². The number of aromatic hydroxyl groups is 1. The summed E-state index contributed by atoms with van der Waals surface area (Å²) in [5.41, 5.74) is 1.02. The minimum Gasteiger partial charge on any atom is -0.504 e. The van der Waals surface area contributed by atoms with Crippen LogP contribution in [0.25, 0.3) is 0 Å². The van der Waals surface area contributed by atoms with E-state index in [1.165, 1.54) is 0 Å². The second-order valence-corrected chi connectivity index (χ2v) is 3.53. The van der Waals surface area contributed by atoms with Crippen LogP contribution in [0.5, 0.6) is 5.75 Å². The number of hydrogen-bond acceptors (Lipinski definition) is 2. The van der Waals surface area contributed by atoms with Gasteiger partial charge in [-0.25, -0.2) is 4.39 Å². The Hall–Kier alpha value is -0.800. The highest BCUT2D eigenvalue weighted by Gasteiger charge is 2.13. The van der Waals surface area contributed by atoms with Gasteiger partial charge in [-0.05, 0) is 30.9 Å². The van der Waals surface area contributed by atoms with Crippen LogP contribution in [-0.4, -0.2) is 16.8 Å². The van der Waals surface area contributed by atoms with Crippen LogP contribution >= 0.6 is 11.6 Å². The Morgan fingerprint density at radius 1 is 1.50 bits per heavy atom. The van der Waals surface area contributed by atoms with Gasteiger partial charge in [-0.2, -0.15) is 0 Å². The zero-order valence-corrected chi connectivity index (χ0v) is 8.60. The maximum absolute atomic E-state index is 13.3. The largest absolute Gasteiger partial charge is 0.504 e. The zero-order chi connectivity index (χ0) is 10.7. The van der Waals surface area contributed by atoms with Crippen LogP contribution in [-0.2, 0) is 6.42 Å². The molecule has 0 fully saturated rings. The maximum Gasteiger partial charge on any atom is 0.170 e. The van der Waals surface area contributed by atoms with E-state index in [1.54, 1.807) is 13.0 Å². The molecule has 0 saturated heterocycles. The molecule has 0 radical (unpaired) electrons. The van der Waals surface area contributed by atoms with Crippen molar-refractivity contribution < 1.29 is 14.6 Å². The summed E-state index contributed by atoms with van der Waals surface area (Å²) >= 11 is 5.65. The molecule has 0 aliphatic heterocycles. The van der Waals surface area contributed by atoms with Gasteiger partial charge in [-0.3, -0.25) is 0 Å². The van der Waals surface area contributed by atoms with Gasteiger partial charge in [-0.15, -0.1) is 0 Å². The third-order valence-electron chi connectivity index (χ3n) is 2.04. The minimum absolute atomic E-state index is 0.00186. The summed E-state index contributed by atoms with van der Waals surface area (Å²) < 4.78 is 13.3. The van der Waals surface area contributed by atoms with E-state index in [0.29, 0.717) is 24.0 Å². The third-order valence-corrected chi connectivity index (χ3v) is 2.52. The molecule has 0 unspecified atom stereocenters. The molecular formula is C10H12ClFO2. The summed E-state index contributed by atoms with van der Waals surface area (Å²) in [4.78, 5) is 0. The Labute approximate surface area is 86.9 Å². The standard InChI is InChI=1S/C10H12ClFO2/c1-6-5-7(3-2-4-13)9(12)10(14)8(6)11/h5,13-14H,2-4H2,1H3. The lowest BCUT2D eigenvalue weighted by Gasteiger charge is -2.08. The van der Waals surface area contributed by atoms with Crippen LogP contribution in [0.3, 0.4) is 0 Å². The van der Waals surface area contributed by atoms with E-state index in [9.17, 15) is 9.50 Å². The highest BCUT2D eigenvalue weighted by atomic mass is 35.5. The van der Waals surface area contributed by atoms with Gasteiger partial charge >= 0.3 is 0 Å². The molecular weight excluding hydrogens is 207 g/mol. The number of halogens is 2. The van der Waals surface area contributed by atoms with Gasteiger partial charge in [0.1, 0.15) is 0 Å². The topological polar surface area (TPSA) is 40.5 Å². The van der Waals surface area contributed by atoms with Crippen LogP contribution < -0.4 is 0 Å². The average Bonchev–Trinajstić information content (AvgIpc) is 2.18. The molecule has 2 N–H and O–H groups in total. The minimum atomic E-state index is -0.686. The van der Waals surface area contributed by atoms with Crippen LogP contribution in [0.1, 0.15) is 17.5 Å².